The van der Waals surface area contributed by atoms with Crippen LogP contribution in [0.15, 0.2) is 30.3 Å². The molecule has 0 radical (unpaired) electrons. The van der Waals surface area contributed by atoms with Crippen molar-refractivity contribution in [2.45, 2.75) is 44.8 Å². The average Bonchev–Trinajstić information content (AvgIpc) is 3.03. The number of benzene rings is 1. The van der Waals surface area contributed by atoms with E-state index in [9.17, 15) is 0 Å². The van der Waals surface area contributed by atoms with Gasteiger partial charge in [0.15, 0.2) is 5.60 Å². The van der Waals surface area contributed by atoms with Gasteiger partial charge in [-0.1, -0.05) is 50.3 Å². The zero-order valence-corrected chi connectivity index (χ0v) is 9.99. The van der Waals surface area contributed by atoms with E-state index in [1.54, 1.807) is 0 Å². The molecule has 2 rings (SSSR count). The Morgan fingerprint density at radius 1 is 1.25 bits per heavy atom. The Balaban J connectivity index is 2.11. The van der Waals surface area contributed by atoms with Crippen molar-refractivity contribution in [3.63, 3.8) is 0 Å². The van der Waals surface area contributed by atoms with Crippen molar-refractivity contribution >= 4 is 0 Å². The molecule has 2 atom stereocenters. The molecule has 1 aromatic rings. The van der Waals surface area contributed by atoms with E-state index >= 15 is 0 Å². The van der Waals surface area contributed by atoms with Crippen LogP contribution < -0.4 is 0 Å². The summed E-state index contributed by atoms with van der Waals surface area (Å²) in [6, 6.07) is 10.1. The van der Waals surface area contributed by atoms with Crippen LogP contribution in [0.3, 0.4) is 0 Å². The van der Waals surface area contributed by atoms with Crippen molar-refractivity contribution in [1.82, 2.24) is 0 Å². The second kappa shape index (κ2) is 4.72. The Morgan fingerprint density at radius 2 is 2.00 bits per heavy atom. The fraction of sp³-hybridized carbons (Fsp3) is 0.467. The molecule has 1 aliphatic heterocycles. The quantitative estimate of drug-likeness (QED) is 0.555. The highest BCUT2D eigenvalue weighted by molar-refractivity contribution is 5.38. The van der Waals surface area contributed by atoms with E-state index in [-0.39, 0.29) is 5.60 Å². The van der Waals surface area contributed by atoms with Crippen LogP contribution in [0, 0.1) is 11.8 Å². The zero-order chi connectivity index (χ0) is 11.4. The minimum atomic E-state index is -0.140. The molecule has 0 N–H and O–H groups in total. The minimum Gasteiger partial charge on any atom is -0.352 e. The molecule has 0 aliphatic carbocycles. The van der Waals surface area contributed by atoms with E-state index in [0.717, 1.165) is 24.8 Å². The predicted octanol–water partition coefficient (Wildman–Crippen LogP) is 3.39. The average molecular weight is 214 g/mol. The van der Waals surface area contributed by atoms with Crippen LogP contribution in [0.1, 0.15) is 38.7 Å². The fourth-order valence-corrected chi connectivity index (χ4v) is 2.10. The maximum atomic E-state index is 5.74. The van der Waals surface area contributed by atoms with Crippen molar-refractivity contribution in [2.24, 2.45) is 0 Å². The van der Waals surface area contributed by atoms with E-state index in [4.69, 9.17) is 4.74 Å². The van der Waals surface area contributed by atoms with Crippen molar-refractivity contribution < 1.29 is 4.74 Å². The van der Waals surface area contributed by atoms with Gasteiger partial charge >= 0.3 is 0 Å². The third-order valence-corrected chi connectivity index (χ3v) is 3.00. The molecule has 0 saturated carbocycles. The molecule has 0 amide bonds. The number of hydrogen-bond donors (Lipinski definition) is 0. The summed E-state index contributed by atoms with van der Waals surface area (Å²) in [6.45, 7) is 4.34. The van der Waals surface area contributed by atoms with Gasteiger partial charge in [0.25, 0.3) is 0 Å². The summed E-state index contributed by atoms with van der Waals surface area (Å²) < 4.78 is 5.74. The van der Waals surface area contributed by atoms with Crippen molar-refractivity contribution in [3.05, 3.63) is 35.9 Å². The number of hydrogen-bond acceptors (Lipinski definition) is 1. The first-order chi connectivity index (χ1) is 7.80. The third-order valence-electron chi connectivity index (χ3n) is 3.00. The largest absolute Gasteiger partial charge is 0.352 e. The minimum absolute atomic E-state index is 0.140. The molecule has 0 spiro atoms. The summed E-state index contributed by atoms with van der Waals surface area (Å²) >= 11 is 0. The van der Waals surface area contributed by atoms with E-state index in [1.807, 2.05) is 30.3 Å². The van der Waals surface area contributed by atoms with Gasteiger partial charge in [-0.05, 0) is 25.0 Å². The van der Waals surface area contributed by atoms with Gasteiger partial charge in [-0.15, -0.1) is 0 Å². The SMILES string of the molecule is CCC[C@@]1(C#Cc2ccccc2)O[C@@H]1CC. The molecule has 0 aromatic heterocycles. The number of epoxide rings is 1. The Morgan fingerprint density at radius 3 is 2.56 bits per heavy atom. The van der Waals surface area contributed by atoms with Gasteiger partial charge in [-0.3, -0.25) is 0 Å². The summed E-state index contributed by atoms with van der Waals surface area (Å²) in [5.74, 6) is 6.54. The molecule has 1 saturated heterocycles. The summed E-state index contributed by atoms with van der Waals surface area (Å²) in [7, 11) is 0. The van der Waals surface area contributed by atoms with Crippen LogP contribution >= 0.6 is 0 Å². The number of rotatable bonds is 3. The van der Waals surface area contributed by atoms with Crippen LogP contribution in [-0.2, 0) is 4.74 Å². The standard InChI is InChI=1S/C15H18O/c1-3-11-15(14(4-2)16-15)12-10-13-8-6-5-7-9-13/h5-9,14H,3-4,11H2,1-2H3/t14-,15+/m1/s1. The van der Waals surface area contributed by atoms with Gasteiger partial charge in [-0.25, -0.2) is 0 Å². The molecule has 0 unspecified atom stereocenters. The second-order valence-electron chi connectivity index (χ2n) is 4.27. The van der Waals surface area contributed by atoms with Crippen LogP contribution in [0.25, 0.3) is 0 Å². The summed E-state index contributed by atoms with van der Waals surface area (Å²) in [4.78, 5) is 0. The maximum Gasteiger partial charge on any atom is 0.155 e. The van der Waals surface area contributed by atoms with Crippen LogP contribution in [0.5, 0.6) is 0 Å². The molecule has 84 valence electrons. The first kappa shape index (κ1) is 11.2. The lowest BCUT2D eigenvalue weighted by atomic mass is 9.98. The first-order valence-electron chi connectivity index (χ1n) is 6.07. The molecule has 0 bridgehead atoms. The van der Waals surface area contributed by atoms with Gasteiger partial charge in [0.2, 0.25) is 0 Å². The number of ether oxygens (including phenoxy) is 1. The van der Waals surface area contributed by atoms with Crippen molar-refractivity contribution in [2.75, 3.05) is 0 Å². The molecule has 16 heavy (non-hydrogen) atoms. The molecule has 1 heterocycles. The van der Waals surface area contributed by atoms with Gasteiger partial charge in [0.1, 0.15) is 0 Å². The normalized spacial score (nSPS) is 27.0. The molecule has 1 nitrogen and oxygen atoms in total. The first-order valence-corrected chi connectivity index (χ1v) is 6.07. The molecular weight excluding hydrogens is 196 g/mol. The van der Waals surface area contributed by atoms with Crippen LogP contribution in [0.2, 0.25) is 0 Å². The molecule has 1 fully saturated rings. The highest BCUT2D eigenvalue weighted by atomic mass is 16.6. The molecular formula is C15H18O. The lowest BCUT2D eigenvalue weighted by Gasteiger charge is -2.01. The fourth-order valence-electron chi connectivity index (χ4n) is 2.10. The van der Waals surface area contributed by atoms with E-state index < -0.39 is 0 Å². The summed E-state index contributed by atoms with van der Waals surface area (Å²) in [5.41, 5.74) is 0.933. The molecule has 1 heteroatoms. The lowest BCUT2D eigenvalue weighted by Crippen LogP contribution is -2.11. The zero-order valence-electron chi connectivity index (χ0n) is 9.99. The molecule has 1 aromatic carbocycles. The highest BCUT2D eigenvalue weighted by Crippen LogP contribution is 2.42. The smallest absolute Gasteiger partial charge is 0.155 e. The summed E-state index contributed by atoms with van der Waals surface area (Å²) in [5, 5.41) is 0. The van der Waals surface area contributed by atoms with Crippen molar-refractivity contribution in [1.29, 1.82) is 0 Å². The topological polar surface area (TPSA) is 12.5 Å². The Hall–Kier alpha value is -1.26. The summed E-state index contributed by atoms with van der Waals surface area (Å²) in [6.07, 6.45) is 3.58. The Labute approximate surface area is 97.8 Å². The van der Waals surface area contributed by atoms with Crippen LogP contribution in [0.4, 0.5) is 0 Å². The van der Waals surface area contributed by atoms with Gasteiger partial charge in [-0.2, -0.15) is 0 Å². The maximum absolute atomic E-state index is 5.74. The van der Waals surface area contributed by atoms with E-state index in [2.05, 4.69) is 25.7 Å². The van der Waals surface area contributed by atoms with Gasteiger partial charge in [0, 0.05) is 5.56 Å². The highest BCUT2D eigenvalue weighted by Gasteiger charge is 2.53. The van der Waals surface area contributed by atoms with Crippen molar-refractivity contribution in [3.8, 4) is 11.8 Å². The predicted molar refractivity (Wildman–Crippen MR) is 66.1 cm³/mol. The Bertz CT molecular complexity index is 398. The Kier molecular flexibility index (Phi) is 3.31. The second-order valence-corrected chi connectivity index (χ2v) is 4.27. The van der Waals surface area contributed by atoms with E-state index in [1.165, 1.54) is 0 Å². The van der Waals surface area contributed by atoms with E-state index in [0.29, 0.717) is 6.10 Å². The monoisotopic (exact) mass is 214 g/mol. The van der Waals surface area contributed by atoms with Gasteiger partial charge < -0.3 is 4.74 Å². The van der Waals surface area contributed by atoms with Gasteiger partial charge in [0.05, 0.1) is 6.10 Å². The lowest BCUT2D eigenvalue weighted by molar-refractivity contribution is 0.322. The third kappa shape index (κ3) is 2.28. The molecule has 1 aliphatic rings. The van der Waals surface area contributed by atoms with Crippen LogP contribution in [-0.4, -0.2) is 11.7 Å².